The van der Waals surface area contributed by atoms with Gasteiger partial charge in [-0.15, -0.1) is 0 Å². The van der Waals surface area contributed by atoms with Gasteiger partial charge in [-0.2, -0.15) is 0 Å². The summed E-state index contributed by atoms with van der Waals surface area (Å²) in [7, 11) is 0. The third-order valence-corrected chi connectivity index (χ3v) is 3.03. The number of amides is 1. The molecule has 0 saturated carbocycles. The Kier molecular flexibility index (Phi) is 4.55. The van der Waals surface area contributed by atoms with E-state index < -0.39 is 18.4 Å². The van der Waals surface area contributed by atoms with E-state index in [9.17, 15) is 9.59 Å². The van der Waals surface area contributed by atoms with Crippen LogP contribution in [0, 0.1) is 6.92 Å². The number of halogens is 1. The Bertz CT molecular complexity index is 671. The van der Waals surface area contributed by atoms with Gasteiger partial charge in [0.05, 0.1) is 0 Å². The van der Waals surface area contributed by atoms with Crippen molar-refractivity contribution < 1.29 is 14.7 Å². The molecule has 0 aliphatic heterocycles. The van der Waals surface area contributed by atoms with Crippen LogP contribution in [0.4, 0.5) is 5.69 Å². The van der Waals surface area contributed by atoms with Gasteiger partial charge in [-0.05, 0) is 31.2 Å². The molecule has 0 saturated heterocycles. The van der Waals surface area contributed by atoms with E-state index in [0.717, 1.165) is 10.5 Å². The highest BCUT2D eigenvalue weighted by atomic mass is 35.5. The Balaban J connectivity index is 2.38. The summed E-state index contributed by atoms with van der Waals surface area (Å²) in [5, 5.41) is 9.19. The van der Waals surface area contributed by atoms with E-state index in [4.69, 9.17) is 16.7 Å². The molecular formula is C15H13ClN2O3. The number of rotatable bonds is 4. The van der Waals surface area contributed by atoms with Gasteiger partial charge >= 0.3 is 5.97 Å². The third-order valence-electron chi connectivity index (χ3n) is 2.82. The fourth-order valence-electron chi connectivity index (χ4n) is 1.81. The number of aromatic nitrogens is 1. The van der Waals surface area contributed by atoms with Gasteiger partial charge in [0.2, 0.25) is 0 Å². The highest BCUT2D eigenvalue weighted by Crippen LogP contribution is 2.18. The number of aryl methyl sites for hydroxylation is 1. The quantitative estimate of drug-likeness (QED) is 0.882. The molecule has 1 amide bonds. The summed E-state index contributed by atoms with van der Waals surface area (Å²) in [6.07, 6.45) is 0. The summed E-state index contributed by atoms with van der Waals surface area (Å²) in [6, 6.07) is 11.6. The van der Waals surface area contributed by atoms with E-state index in [1.165, 1.54) is 6.07 Å². The highest BCUT2D eigenvalue weighted by molar-refractivity contribution is 6.29. The normalized spacial score (nSPS) is 10.2. The van der Waals surface area contributed by atoms with Crippen LogP contribution < -0.4 is 4.90 Å². The molecule has 0 bridgehead atoms. The van der Waals surface area contributed by atoms with Crippen molar-refractivity contribution >= 4 is 29.2 Å². The number of carboxylic acid groups (broad SMARTS) is 1. The number of carbonyl (C=O) groups is 2. The van der Waals surface area contributed by atoms with Crippen molar-refractivity contribution in [2.24, 2.45) is 0 Å². The predicted molar refractivity (Wildman–Crippen MR) is 79.7 cm³/mol. The van der Waals surface area contributed by atoms with Crippen LogP contribution in [0.1, 0.15) is 16.1 Å². The summed E-state index contributed by atoms with van der Waals surface area (Å²) in [6.45, 7) is 1.46. The molecule has 1 N–H and O–H groups in total. The molecule has 6 heteroatoms. The Morgan fingerprint density at radius 3 is 2.43 bits per heavy atom. The van der Waals surface area contributed by atoms with Gasteiger partial charge in [0.25, 0.3) is 5.91 Å². The molecule has 0 unspecified atom stereocenters. The zero-order valence-electron chi connectivity index (χ0n) is 11.3. The van der Waals surface area contributed by atoms with Crippen molar-refractivity contribution in [3.63, 3.8) is 0 Å². The average Bonchev–Trinajstić information content (AvgIpc) is 2.45. The van der Waals surface area contributed by atoms with Gasteiger partial charge < -0.3 is 5.11 Å². The molecular weight excluding hydrogens is 292 g/mol. The second kappa shape index (κ2) is 6.37. The molecule has 2 aromatic rings. The predicted octanol–water partition coefficient (Wildman–Crippen LogP) is 2.77. The second-order valence-electron chi connectivity index (χ2n) is 4.47. The van der Waals surface area contributed by atoms with Crippen molar-refractivity contribution in [3.05, 3.63) is 58.9 Å². The molecule has 0 atom stereocenters. The van der Waals surface area contributed by atoms with E-state index in [1.807, 2.05) is 19.1 Å². The molecule has 0 aliphatic rings. The van der Waals surface area contributed by atoms with E-state index in [0.29, 0.717) is 5.69 Å². The van der Waals surface area contributed by atoms with Crippen LogP contribution in [0.3, 0.4) is 0 Å². The highest BCUT2D eigenvalue weighted by Gasteiger charge is 2.21. The number of anilines is 1. The molecule has 0 spiro atoms. The molecule has 5 nitrogen and oxygen atoms in total. The lowest BCUT2D eigenvalue weighted by molar-refractivity contribution is -0.135. The molecule has 1 aromatic carbocycles. The van der Waals surface area contributed by atoms with Crippen molar-refractivity contribution in [1.82, 2.24) is 4.98 Å². The number of benzene rings is 1. The Morgan fingerprint density at radius 2 is 1.86 bits per heavy atom. The minimum Gasteiger partial charge on any atom is -0.480 e. The van der Waals surface area contributed by atoms with Crippen LogP contribution in [0.15, 0.2) is 42.5 Å². The van der Waals surface area contributed by atoms with Crippen molar-refractivity contribution in [1.29, 1.82) is 0 Å². The fourth-order valence-corrected chi connectivity index (χ4v) is 1.97. The zero-order chi connectivity index (χ0) is 15.4. The molecule has 108 valence electrons. The standard InChI is InChI=1S/C15H13ClN2O3/c1-10-5-7-11(8-6-10)18(9-14(19)20)15(21)12-3-2-4-13(16)17-12/h2-8H,9H2,1H3,(H,19,20). The first-order valence-corrected chi connectivity index (χ1v) is 6.58. The van der Waals surface area contributed by atoms with E-state index in [2.05, 4.69) is 4.98 Å². The SMILES string of the molecule is Cc1ccc(N(CC(=O)O)C(=O)c2cccc(Cl)n2)cc1. The first-order chi connectivity index (χ1) is 9.97. The largest absolute Gasteiger partial charge is 0.480 e. The number of carboxylic acids is 1. The smallest absolute Gasteiger partial charge is 0.323 e. The number of aliphatic carboxylic acids is 1. The third kappa shape index (κ3) is 3.79. The van der Waals surface area contributed by atoms with Crippen LogP contribution in [0.2, 0.25) is 5.15 Å². The Morgan fingerprint density at radius 1 is 1.19 bits per heavy atom. The first-order valence-electron chi connectivity index (χ1n) is 6.20. The lowest BCUT2D eigenvalue weighted by Gasteiger charge is -2.20. The molecule has 0 aliphatic carbocycles. The van der Waals surface area contributed by atoms with Crippen LogP contribution in [-0.4, -0.2) is 28.5 Å². The molecule has 21 heavy (non-hydrogen) atoms. The molecule has 1 heterocycles. The van der Waals surface area contributed by atoms with Crippen molar-refractivity contribution in [2.45, 2.75) is 6.92 Å². The van der Waals surface area contributed by atoms with Gasteiger partial charge in [0, 0.05) is 5.69 Å². The summed E-state index contributed by atoms with van der Waals surface area (Å²) >= 11 is 5.77. The number of hydrogen-bond donors (Lipinski definition) is 1. The van der Waals surface area contributed by atoms with Crippen LogP contribution >= 0.6 is 11.6 Å². The van der Waals surface area contributed by atoms with E-state index in [-0.39, 0.29) is 10.8 Å². The summed E-state index contributed by atoms with van der Waals surface area (Å²) in [5.41, 5.74) is 1.61. The lowest BCUT2D eigenvalue weighted by atomic mass is 10.2. The minimum atomic E-state index is -1.11. The van der Waals surface area contributed by atoms with Crippen LogP contribution in [-0.2, 0) is 4.79 Å². The lowest BCUT2D eigenvalue weighted by Crippen LogP contribution is -2.36. The van der Waals surface area contributed by atoms with Crippen LogP contribution in [0.25, 0.3) is 0 Å². The van der Waals surface area contributed by atoms with Crippen molar-refractivity contribution in [3.8, 4) is 0 Å². The summed E-state index contributed by atoms with van der Waals surface area (Å²) in [5.74, 6) is -1.62. The topological polar surface area (TPSA) is 70.5 Å². The zero-order valence-corrected chi connectivity index (χ0v) is 12.0. The number of nitrogens with zero attached hydrogens (tertiary/aromatic N) is 2. The van der Waals surface area contributed by atoms with Gasteiger partial charge in [-0.3, -0.25) is 14.5 Å². The van der Waals surface area contributed by atoms with Crippen molar-refractivity contribution in [2.75, 3.05) is 11.4 Å². The fraction of sp³-hybridized carbons (Fsp3) is 0.133. The Hall–Kier alpha value is -2.40. The van der Waals surface area contributed by atoms with Crippen LogP contribution in [0.5, 0.6) is 0 Å². The minimum absolute atomic E-state index is 0.101. The number of carbonyl (C=O) groups excluding carboxylic acids is 1. The van der Waals surface area contributed by atoms with E-state index in [1.54, 1.807) is 24.3 Å². The Labute approximate surface area is 126 Å². The average molecular weight is 305 g/mol. The monoisotopic (exact) mass is 304 g/mol. The molecule has 0 fully saturated rings. The summed E-state index contributed by atoms with van der Waals surface area (Å²) in [4.78, 5) is 28.6. The van der Waals surface area contributed by atoms with Gasteiger partial charge in [0.1, 0.15) is 17.4 Å². The number of pyridine rings is 1. The maximum atomic E-state index is 12.5. The van der Waals surface area contributed by atoms with Gasteiger partial charge in [0.15, 0.2) is 0 Å². The molecule has 0 radical (unpaired) electrons. The van der Waals surface area contributed by atoms with Gasteiger partial charge in [-0.25, -0.2) is 4.98 Å². The maximum absolute atomic E-state index is 12.5. The van der Waals surface area contributed by atoms with E-state index >= 15 is 0 Å². The molecule has 1 aromatic heterocycles. The first kappa shape index (κ1) is 15.0. The summed E-state index contributed by atoms with van der Waals surface area (Å²) < 4.78 is 0. The van der Waals surface area contributed by atoms with Gasteiger partial charge in [-0.1, -0.05) is 35.4 Å². The number of hydrogen-bond acceptors (Lipinski definition) is 3. The maximum Gasteiger partial charge on any atom is 0.323 e. The molecule has 2 rings (SSSR count). The second-order valence-corrected chi connectivity index (χ2v) is 4.85.